The van der Waals surface area contributed by atoms with Gasteiger partial charge in [-0.25, -0.2) is 4.39 Å². The van der Waals surface area contributed by atoms with E-state index < -0.39 is 5.82 Å². The Hall–Kier alpha value is -2.34. The van der Waals surface area contributed by atoms with E-state index in [1.165, 1.54) is 11.6 Å². The van der Waals surface area contributed by atoms with Crippen molar-refractivity contribution in [3.05, 3.63) is 65.5 Å². The molecule has 2 aromatic rings. The summed E-state index contributed by atoms with van der Waals surface area (Å²) in [5.74, 6) is -0.119. The highest BCUT2D eigenvalue weighted by atomic mass is 19.1. The minimum absolute atomic E-state index is 0.0607. The van der Waals surface area contributed by atoms with Crippen molar-refractivity contribution in [3.8, 4) is 6.07 Å². The lowest BCUT2D eigenvalue weighted by Crippen LogP contribution is -2.16. The second-order valence-corrected chi connectivity index (χ2v) is 5.08. The molecule has 0 saturated heterocycles. The van der Waals surface area contributed by atoms with E-state index in [1.807, 2.05) is 24.3 Å². The number of anilines is 1. The molecule has 0 saturated carbocycles. The standard InChI is InChI=1S/C17H17FN2/c1-12(2)17(13-6-4-3-5-7-13)20-15-8-9-16(18)14(10-15)11-19/h3-10,12,17,20H,1-2H3. The van der Waals surface area contributed by atoms with Crippen molar-refractivity contribution in [2.75, 3.05) is 5.32 Å². The van der Waals surface area contributed by atoms with Crippen LogP contribution in [0.25, 0.3) is 0 Å². The number of nitrogens with zero attached hydrogens (tertiary/aromatic N) is 1. The molecule has 20 heavy (non-hydrogen) atoms. The molecule has 2 aromatic carbocycles. The molecule has 0 aliphatic heterocycles. The maximum Gasteiger partial charge on any atom is 0.141 e. The zero-order chi connectivity index (χ0) is 14.5. The van der Waals surface area contributed by atoms with Crippen LogP contribution in [0.5, 0.6) is 0 Å². The quantitative estimate of drug-likeness (QED) is 0.885. The molecular formula is C17H17FN2. The molecule has 0 aromatic heterocycles. The average Bonchev–Trinajstić information content (AvgIpc) is 2.47. The van der Waals surface area contributed by atoms with Crippen LogP contribution in [-0.2, 0) is 0 Å². The lowest BCUT2D eigenvalue weighted by Gasteiger charge is -2.24. The van der Waals surface area contributed by atoms with E-state index in [9.17, 15) is 4.39 Å². The first-order chi connectivity index (χ1) is 9.61. The molecular weight excluding hydrogens is 251 g/mol. The maximum atomic E-state index is 13.3. The van der Waals surface area contributed by atoms with Crippen molar-refractivity contribution < 1.29 is 4.39 Å². The van der Waals surface area contributed by atoms with Crippen molar-refractivity contribution in [3.63, 3.8) is 0 Å². The molecule has 0 heterocycles. The Kier molecular flexibility index (Phi) is 4.37. The van der Waals surface area contributed by atoms with Gasteiger partial charge in [0.15, 0.2) is 0 Å². The second-order valence-electron chi connectivity index (χ2n) is 5.08. The Balaban J connectivity index is 2.28. The third-order valence-electron chi connectivity index (χ3n) is 3.23. The molecule has 2 rings (SSSR count). The van der Waals surface area contributed by atoms with E-state index in [4.69, 9.17) is 5.26 Å². The van der Waals surface area contributed by atoms with Gasteiger partial charge in [0.2, 0.25) is 0 Å². The third kappa shape index (κ3) is 3.16. The number of hydrogen-bond donors (Lipinski definition) is 1. The fraction of sp³-hybridized carbons (Fsp3) is 0.235. The van der Waals surface area contributed by atoms with Crippen LogP contribution in [0, 0.1) is 23.1 Å². The van der Waals surface area contributed by atoms with Crippen LogP contribution in [0.3, 0.4) is 0 Å². The number of nitriles is 1. The van der Waals surface area contributed by atoms with Crippen molar-refractivity contribution in [2.24, 2.45) is 5.92 Å². The molecule has 1 unspecified atom stereocenters. The van der Waals surface area contributed by atoms with Gasteiger partial charge in [-0.05, 0) is 29.7 Å². The lowest BCUT2D eigenvalue weighted by molar-refractivity contribution is 0.546. The molecule has 0 fully saturated rings. The summed E-state index contributed by atoms with van der Waals surface area (Å²) in [5.41, 5.74) is 1.99. The summed E-state index contributed by atoms with van der Waals surface area (Å²) in [6.45, 7) is 4.25. The zero-order valence-electron chi connectivity index (χ0n) is 11.6. The lowest BCUT2D eigenvalue weighted by atomic mass is 9.95. The van der Waals surface area contributed by atoms with Crippen LogP contribution in [0.15, 0.2) is 48.5 Å². The molecule has 0 aliphatic rings. The van der Waals surface area contributed by atoms with Crippen LogP contribution in [0.2, 0.25) is 0 Å². The molecule has 0 bridgehead atoms. The highest BCUT2D eigenvalue weighted by molar-refractivity contribution is 5.51. The monoisotopic (exact) mass is 268 g/mol. The van der Waals surface area contributed by atoms with Gasteiger partial charge in [0.25, 0.3) is 0 Å². The molecule has 1 atom stereocenters. The molecule has 102 valence electrons. The fourth-order valence-corrected chi connectivity index (χ4v) is 2.18. The Morgan fingerprint density at radius 1 is 1.10 bits per heavy atom. The van der Waals surface area contributed by atoms with E-state index in [0.717, 1.165) is 5.69 Å². The van der Waals surface area contributed by atoms with Gasteiger partial charge in [0.05, 0.1) is 11.6 Å². The minimum atomic E-state index is -0.487. The molecule has 2 nitrogen and oxygen atoms in total. The van der Waals surface area contributed by atoms with E-state index in [-0.39, 0.29) is 11.6 Å². The number of rotatable bonds is 4. The smallest absolute Gasteiger partial charge is 0.141 e. The third-order valence-corrected chi connectivity index (χ3v) is 3.23. The van der Waals surface area contributed by atoms with E-state index in [2.05, 4.69) is 31.3 Å². The SMILES string of the molecule is CC(C)C(Nc1ccc(F)c(C#N)c1)c1ccccc1. The van der Waals surface area contributed by atoms with Gasteiger partial charge in [-0.3, -0.25) is 0 Å². The topological polar surface area (TPSA) is 35.8 Å². The van der Waals surface area contributed by atoms with E-state index in [1.54, 1.807) is 12.1 Å². The van der Waals surface area contributed by atoms with Crippen LogP contribution in [0.4, 0.5) is 10.1 Å². The van der Waals surface area contributed by atoms with Gasteiger partial charge >= 0.3 is 0 Å². The summed E-state index contributed by atoms with van der Waals surface area (Å²) in [4.78, 5) is 0. The molecule has 0 aliphatic carbocycles. The van der Waals surface area contributed by atoms with Crippen LogP contribution in [-0.4, -0.2) is 0 Å². The molecule has 3 heteroatoms. The summed E-state index contributed by atoms with van der Waals surface area (Å²) in [7, 11) is 0. The van der Waals surface area contributed by atoms with Crippen molar-refractivity contribution in [2.45, 2.75) is 19.9 Å². The number of nitrogens with one attached hydrogen (secondary N) is 1. The molecule has 1 N–H and O–H groups in total. The van der Waals surface area contributed by atoms with Crippen molar-refractivity contribution in [1.82, 2.24) is 0 Å². The summed E-state index contributed by atoms with van der Waals surface area (Å²) >= 11 is 0. The highest BCUT2D eigenvalue weighted by Crippen LogP contribution is 2.27. The Labute approximate surface area is 118 Å². The minimum Gasteiger partial charge on any atom is -0.378 e. The van der Waals surface area contributed by atoms with Gasteiger partial charge in [-0.1, -0.05) is 44.2 Å². The van der Waals surface area contributed by atoms with Crippen molar-refractivity contribution >= 4 is 5.69 Å². The predicted octanol–water partition coefficient (Wildman–Crippen LogP) is 4.51. The van der Waals surface area contributed by atoms with Gasteiger partial charge in [-0.15, -0.1) is 0 Å². The predicted molar refractivity (Wildman–Crippen MR) is 78.8 cm³/mol. The first-order valence-corrected chi connectivity index (χ1v) is 6.63. The van der Waals surface area contributed by atoms with Crippen molar-refractivity contribution in [1.29, 1.82) is 5.26 Å². The van der Waals surface area contributed by atoms with Gasteiger partial charge in [0, 0.05) is 5.69 Å². The Morgan fingerprint density at radius 2 is 1.80 bits per heavy atom. The maximum absolute atomic E-state index is 13.3. The zero-order valence-corrected chi connectivity index (χ0v) is 11.6. The van der Waals surface area contributed by atoms with Crippen LogP contribution >= 0.6 is 0 Å². The first-order valence-electron chi connectivity index (χ1n) is 6.63. The molecule has 0 radical (unpaired) electrons. The summed E-state index contributed by atoms with van der Waals surface area (Å²) in [6, 6.07) is 16.6. The number of benzene rings is 2. The Morgan fingerprint density at radius 3 is 2.40 bits per heavy atom. The number of halogens is 1. The van der Waals surface area contributed by atoms with Gasteiger partial charge in [0.1, 0.15) is 11.9 Å². The number of hydrogen-bond acceptors (Lipinski definition) is 2. The molecule has 0 amide bonds. The average molecular weight is 268 g/mol. The van der Waals surface area contributed by atoms with Gasteiger partial charge in [-0.2, -0.15) is 5.26 Å². The summed E-state index contributed by atoms with van der Waals surface area (Å²) in [5, 5.41) is 12.3. The first kappa shape index (κ1) is 14.1. The molecule has 0 spiro atoms. The van der Waals surface area contributed by atoms with Crippen LogP contribution in [0.1, 0.15) is 31.0 Å². The summed E-state index contributed by atoms with van der Waals surface area (Å²) in [6.07, 6.45) is 0. The second kappa shape index (κ2) is 6.21. The van der Waals surface area contributed by atoms with Gasteiger partial charge < -0.3 is 5.32 Å². The Bertz CT molecular complexity index is 615. The highest BCUT2D eigenvalue weighted by Gasteiger charge is 2.15. The largest absolute Gasteiger partial charge is 0.378 e. The summed E-state index contributed by atoms with van der Waals surface area (Å²) < 4.78 is 13.3. The van der Waals surface area contributed by atoms with E-state index >= 15 is 0 Å². The fourth-order valence-electron chi connectivity index (χ4n) is 2.18. The van der Waals surface area contributed by atoms with Crippen LogP contribution < -0.4 is 5.32 Å². The van der Waals surface area contributed by atoms with E-state index in [0.29, 0.717) is 5.92 Å². The normalized spacial score (nSPS) is 11.9.